The molecule has 53 heavy (non-hydrogen) atoms. The van der Waals surface area contributed by atoms with Crippen LogP contribution >= 0.6 is 0 Å². The molecule has 8 rings (SSSR count). The standard InChI is InChI=1S/C51H42N2/c1-37-15-7-6-14-34-52(51-21-13-12-20-50(37)51)46-30-32-48(38(2)35-46)49-33-31-47(36-39(49)3)53(44-26-22-42(23-27-44)40-16-8-4-9-17-40)45-28-24-43(25-29-45)41-18-10-5-11-19-41/h4-33,35-36H,1,34H2,2-3H3/b14-6-,15-7-. The van der Waals surface area contributed by atoms with Crippen LogP contribution in [-0.4, -0.2) is 6.54 Å². The van der Waals surface area contributed by atoms with Crippen LogP contribution in [-0.2, 0) is 0 Å². The number of para-hydroxylation sites is 1. The fraction of sp³-hybridized carbons (Fsp3) is 0.0588. The predicted molar refractivity (Wildman–Crippen MR) is 228 cm³/mol. The largest absolute Gasteiger partial charge is 0.337 e. The van der Waals surface area contributed by atoms with E-state index in [9.17, 15) is 0 Å². The molecule has 2 nitrogen and oxygen atoms in total. The molecule has 256 valence electrons. The van der Waals surface area contributed by atoms with Crippen LogP contribution in [0.3, 0.4) is 0 Å². The Morgan fingerprint density at radius 1 is 0.472 bits per heavy atom. The minimum Gasteiger partial charge on any atom is -0.337 e. The molecular formula is C51H42N2. The predicted octanol–water partition coefficient (Wildman–Crippen LogP) is 14.1. The number of nitrogens with zero attached hydrogens (tertiary/aromatic N) is 2. The van der Waals surface area contributed by atoms with Crippen LogP contribution < -0.4 is 9.80 Å². The van der Waals surface area contributed by atoms with Gasteiger partial charge in [0.2, 0.25) is 0 Å². The molecule has 0 saturated heterocycles. The molecule has 0 atom stereocenters. The molecule has 7 aromatic rings. The first-order valence-corrected chi connectivity index (χ1v) is 18.3. The van der Waals surface area contributed by atoms with E-state index in [0.717, 1.165) is 46.1 Å². The lowest BCUT2D eigenvalue weighted by Crippen LogP contribution is -2.18. The highest BCUT2D eigenvalue weighted by Gasteiger charge is 2.18. The van der Waals surface area contributed by atoms with Crippen molar-refractivity contribution < 1.29 is 0 Å². The molecule has 0 aromatic heterocycles. The number of hydrogen-bond donors (Lipinski definition) is 0. The van der Waals surface area contributed by atoms with Crippen molar-refractivity contribution in [2.24, 2.45) is 0 Å². The number of allylic oxidation sites excluding steroid dienone is 4. The highest BCUT2D eigenvalue weighted by atomic mass is 15.1. The lowest BCUT2D eigenvalue weighted by atomic mass is 9.95. The Hall–Kier alpha value is -6.64. The van der Waals surface area contributed by atoms with Gasteiger partial charge in [0, 0.05) is 40.5 Å². The minimum absolute atomic E-state index is 0.773. The molecule has 0 aliphatic carbocycles. The lowest BCUT2D eigenvalue weighted by molar-refractivity contribution is 1.09. The van der Waals surface area contributed by atoms with E-state index >= 15 is 0 Å². The van der Waals surface area contributed by atoms with Gasteiger partial charge < -0.3 is 9.80 Å². The fourth-order valence-electron chi connectivity index (χ4n) is 7.35. The third-order valence-electron chi connectivity index (χ3n) is 10.1. The zero-order chi connectivity index (χ0) is 36.1. The van der Waals surface area contributed by atoms with Crippen molar-refractivity contribution in [3.63, 3.8) is 0 Å². The molecule has 0 fully saturated rings. The number of benzene rings is 7. The topological polar surface area (TPSA) is 6.48 Å². The van der Waals surface area contributed by atoms with Crippen LogP contribution in [0.25, 0.3) is 39.0 Å². The molecule has 0 radical (unpaired) electrons. The molecule has 0 spiro atoms. The molecule has 1 aliphatic rings. The fourth-order valence-corrected chi connectivity index (χ4v) is 7.35. The Morgan fingerprint density at radius 2 is 0.981 bits per heavy atom. The van der Waals surface area contributed by atoms with Crippen molar-refractivity contribution in [3.05, 3.63) is 217 Å². The third kappa shape index (κ3) is 7.00. The third-order valence-corrected chi connectivity index (χ3v) is 10.1. The molecule has 0 unspecified atom stereocenters. The summed E-state index contributed by atoms with van der Waals surface area (Å²) in [5.41, 5.74) is 17.6. The second kappa shape index (κ2) is 14.9. The monoisotopic (exact) mass is 682 g/mol. The van der Waals surface area contributed by atoms with E-state index in [1.807, 2.05) is 0 Å². The van der Waals surface area contributed by atoms with Crippen LogP contribution in [0, 0.1) is 13.8 Å². The zero-order valence-electron chi connectivity index (χ0n) is 30.3. The van der Waals surface area contributed by atoms with Crippen LogP contribution in [0.1, 0.15) is 16.7 Å². The highest BCUT2D eigenvalue weighted by molar-refractivity contribution is 5.86. The Morgan fingerprint density at radius 3 is 1.57 bits per heavy atom. The van der Waals surface area contributed by atoms with Gasteiger partial charge in [0.15, 0.2) is 0 Å². The van der Waals surface area contributed by atoms with E-state index < -0.39 is 0 Å². The maximum Gasteiger partial charge on any atom is 0.0493 e. The summed E-state index contributed by atoms with van der Waals surface area (Å²) in [7, 11) is 0. The van der Waals surface area contributed by atoms with E-state index in [4.69, 9.17) is 0 Å². The van der Waals surface area contributed by atoms with Crippen LogP contribution in [0.5, 0.6) is 0 Å². The normalized spacial score (nSPS) is 13.7. The van der Waals surface area contributed by atoms with Crippen molar-refractivity contribution in [2.45, 2.75) is 13.8 Å². The van der Waals surface area contributed by atoms with Crippen molar-refractivity contribution in [1.29, 1.82) is 0 Å². The van der Waals surface area contributed by atoms with Gasteiger partial charge in [-0.2, -0.15) is 0 Å². The van der Waals surface area contributed by atoms with Crippen LogP contribution in [0.2, 0.25) is 0 Å². The molecule has 0 saturated carbocycles. The maximum absolute atomic E-state index is 4.35. The first-order valence-electron chi connectivity index (χ1n) is 18.3. The average molecular weight is 683 g/mol. The zero-order valence-corrected chi connectivity index (χ0v) is 30.3. The average Bonchev–Trinajstić information content (AvgIpc) is 3.28. The summed E-state index contributed by atoms with van der Waals surface area (Å²) in [6.45, 7) is 9.57. The second-order valence-corrected chi connectivity index (χ2v) is 13.6. The van der Waals surface area contributed by atoms with Gasteiger partial charge in [-0.3, -0.25) is 0 Å². The quantitative estimate of drug-likeness (QED) is 0.165. The smallest absolute Gasteiger partial charge is 0.0493 e. The number of anilines is 5. The Labute approximate surface area is 314 Å². The Bertz CT molecular complexity index is 2350. The summed E-state index contributed by atoms with van der Waals surface area (Å²) in [4.78, 5) is 4.73. The summed E-state index contributed by atoms with van der Waals surface area (Å²) in [6, 6.07) is 61.1. The maximum atomic E-state index is 4.35. The van der Waals surface area contributed by atoms with Gasteiger partial charge in [0.05, 0.1) is 0 Å². The van der Waals surface area contributed by atoms with Gasteiger partial charge in [-0.05, 0) is 119 Å². The first kappa shape index (κ1) is 33.5. The molecule has 7 aromatic carbocycles. The van der Waals surface area contributed by atoms with Gasteiger partial charge in [0.25, 0.3) is 0 Å². The van der Waals surface area contributed by atoms with E-state index in [1.54, 1.807) is 0 Å². The van der Waals surface area contributed by atoms with Crippen LogP contribution in [0.4, 0.5) is 28.4 Å². The van der Waals surface area contributed by atoms with Crippen molar-refractivity contribution in [1.82, 2.24) is 0 Å². The Kier molecular flexibility index (Phi) is 9.43. The SMILES string of the molecule is C=C1/C=C\C=C/CN(c2ccc(-c3ccc(N(c4ccc(-c5ccccc5)cc4)c4ccc(-c5ccccc5)cc4)cc3C)c(C)c2)c2ccccc21. The summed E-state index contributed by atoms with van der Waals surface area (Å²) in [5, 5.41) is 0. The van der Waals surface area contributed by atoms with Gasteiger partial charge >= 0.3 is 0 Å². The van der Waals surface area contributed by atoms with Gasteiger partial charge in [-0.15, -0.1) is 0 Å². The number of rotatable bonds is 7. The number of hydrogen-bond acceptors (Lipinski definition) is 2. The van der Waals surface area contributed by atoms with Crippen molar-refractivity contribution in [3.8, 4) is 33.4 Å². The highest BCUT2D eigenvalue weighted by Crippen LogP contribution is 2.40. The summed E-state index contributed by atoms with van der Waals surface area (Å²) < 4.78 is 0. The van der Waals surface area contributed by atoms with E-state index in [-0.39, 0.29) is 0 Å². The molecule has 0 bridgehead atoms. The number of aryl methyl sites for hydroxylation is 2. The molecule has 2 heteroatoms. The molecule has 0 N–H and O–H groups in total. The van der Waals surface area contributed by atoms with E-state index in [0.29, 0.717) is 0 Å². The molecular weight excluding hydrogens is 641 g/mol. The van der Waals surface area contributed by atoms with Crippen LogP contribution in [0.15, 0.2) is 201 Å². The van der Waals surface area contributed by atoms with E-state index in [2.05, 4.69) is 224 Å². The summed E-state index contributed by atoms with van der Waals surface area (Å²) in [5.74, 6) is 0. The van der Waals surface area contributed by atoms with Gasteiger partial charge in [0.1, 0.15) is 0 Å². The first-order chi connectivity index (χ1) is 26.0. The van der Waals surface area contributed by atoms with Crippen molar-refractivity contribution in [2.75, 3.05) is 16.3 Å². The Balaban J connectivity index is 1.15. The van der Waals surface area contributed by atoms with Gasteiger partial charge in [-0.1, -0.05) is 146 Å². The van der Waals surface area contributed by atoms with Crippen molar-refractivity contribution >= 4 is 34.0 Å². The molecule has 1 heterocycles. The minimum atomic E-state index is 0.773. The summed E-state index contributed by atoms with van der Waals surface area (Å²) >= 11 is 0. The summed E-state index contributed by atoms with van der Waals surface area (Å²) in [6.07, 6.45) is 8.47. The second-order valence-electron chi connectivity index (χ2n) is 13.6. The van der Waals surface area contributed by atoms with Gasteiger partial charge in [-0.25, -0.2) is 0 Å². The lowest BCUT2D eigenvalue weighted by Gasteiger charge is -2.28. The van der Waals surface area contributed by atoms with E-state index in [1.165, 1.54) is 44.5 Å². The number of fused-ring (bicyclic) bond motifs is 1. The molecule has 0 amide bonds. The molecule has 1 aliphatic heterocycles.